The number of rotatable bonds is 6. The minimum absolute atomic E-state index is 0.105. The fraction of sp³-hybridized carbons (Fsp3) is 0.130. The average molecular weight is 404 g/mol. The van der Waals surface area contributed by atoms with Crippen molar-refractivity contribution in [1.29, 1.82) is 0 Å². The van der Waals surface area contributed by atoms with Crippen molar-refractivity contribution in [2.75, 3.05) is 11.9 Å². The van der Waals surface area contributed by atoms with E-state index in [-0.39, 0.29) is 11.4 Å². The van der Waals surface area contributed by atoms with Crippen molar-refractivity contribution >= 4 is 23.3 Å². The van der Waals surface area contributed by atoms with E-state index in [9.17, 15) is 19.7 Å². The molecule has 1 N–H and O–H groups in total. The molecule has 3 aromatic rings. The highest BCUT2D eigenvalue weighted by atomic mass is 16.6. The Morgan fingerprint density at radius 1 is 0.933 bits per heavy atom. The number of carbonyl (C=O) groups excluding carboxylic acids is 2. The summed E-state index contributed by atoms with van der Waals surface area (Å²) in [5, 5.41) is 13.7. The molecule has 0 atom stereocenters. The molecule has 0 spiro atoms. The van der Waals surface area contributed by atoms with E-state index in [1.165, 1.54) is 6.07 Å². The molecule has 0 radical (unpaired) electrons. The molecular formula is C23H20N2O5. The van der Waals surface area contributed by atoms with Crippen LogP contribution < -0.4 is 5.32 Å². The number of amides is 1. The lowest BCUT2D eigenvalue weighted by molar-refractivity contribution is -0.384. The first-order valence-corrected chi connectivity index (χ1v) is 9.24. The quantitative estimate of drug-likeness (QED) is 0.366. The summed E-state index contributed by atoms with van der Waals surface area (Å²) in [5.41, 5.74) is 3.55. The number of anilines is 1. The van der Waals surface area contributed by atoms with Gasteiger partial charge in [0.15, 0.2) is 6.61 Å². The molecule has 0 saturated carbocycles. The minimum atomic E-state index is -0.653. The molecule has 152 valence electrons. The van der Waals surface area contributed by atoms with Crippen LogP contribution in [0.3, 0.4) is 0 Å². The Bertz CT molecular complexity index is 1090. The van der Waals surface area contributed by atoms with Crippen LogP contribution in [0.5, 0.6) is 0 Å². The third kappa shape index (κ3) is 4.70. The molecule has 0 aromatic heterocycles. The molecule has 0 heterocycles. The Balaban J connectivity index is 1.63. The molecule has 0 unspecified atom stereocenters. The van der Waals surface area contributed by atoms with Crippen LogP contribution in [-0.4, -0.2) is 23.4 Å². The molecule has 3 rings (SSSR count). The monoisotopic (exact) mass is 404 g/mol. The van der Waals surface area contributed by atoms with Crippen LogP contribution in [0.15, 0.2) is 66.7 Å². The van der Waals surface area contributed by atoms with Crippen molar-refractivity contribution in [3.63, 3.8) is 0 Å². The number of carbonyl (C=O) groups is 2. The number of nitro benzene ring substituents is 1. The summed E-state index contributed by atoms with van der Waals surface area (Å²) < 4.78 is 5.06. The molecule has 0 aliphatic rings. The maximum atomic E-state index is 12.2. The average Bonchev–Trinajstić information content (AvgIpc) is 2.76. The van der Waals surface area contributed by atoms with E-state index in [2.05, 4.69) is 5.32 Å². The van der Waals surface area contributed by atoms with Gasteiger partial charge in [0.2, 0.25) is 0 Å². The molecule has 30 heavy (non-hydrogen) atoms. The van der Waals surface area contributed by atoms with Crippen molar-refractivity contribution in [3.8, 4) is 11.1 Å². The second-order valence-electron chi connectivity index (χ2n) is 6.73. The number of aryl methyl sites for hydroxylation is 1. The topological polar surface area (TPSA) is 98.5 Å². The van der Waals surface area contributed by atoms with Crippen LogP contribution in [0.4, 0.5) is 11.4 Å². The summed E-state index contributed by atoms with van der Waals surface area (Å²) in [5.74, 6) is -1.30. The first kappa shape index (κ1) is 20.7. The highest BCUT2D eigenvalue weighted by Gasteiger charge is 2.20. The number of hydrogen-bond donors (Lipinski definition) is 1. The number of hydrogen-bond acceptors (Lipinski definition) is 5. The minimum Gasteiger partial charge on any atom is -0.452 e. The van der Waals surface area contributed by atoms with Crippen molar-refractivity contribution in [3.05, 3.63) is 93.5 Å². The van der Waals surface area contributed by atoms with Crippen LogP contribution >= 0.6 is 0 Å². The smallest absolute Gasteiger partial charge is 0.338 e. The van der Waals surface area contributed by atoms with E-state index in [4.69, 9.17) is 4.74 Å². The first-order chi connectivity index (χ1) is 14.4. The van der Waals surface area contributed by atoms with Gasteiger partial charge in [0.1, 0.15) is 5.69 Å². The van der Waals surface area contributed by atoms with E-state index in [1.807, 2.05) is 30.3 Å². The number of nitrogens with zero attached hydrogens (tertiary/aromatic N) is 1. The van der Waals surface area contributed by atoms with Crippen LogP contribution in [-0.2, 0) is 9.53 Å². The van der Waals surface area contributed by atoms with E-state index in [0.717, 1.165) is 16.7 Å². The second kappa shape index (κ2) is 9.00. The Labute approximate surface area is 173 Å². The molecular weight excluding hydrogens is 384 g/mol. The summed E-state index contributed by atoms with van der Waals surface area (Å²) in [7, 11) is 0. The third-order valence-electron chi connectivity index (χ3n) is 4.74. The van der Waals surface area contributed by atoms with Crippen molar-refractivity contribution in [1.82, 2.24) is 0 Å². The largest absolute Gasteiger partial charge is 0.452 e. The van der Waals surface area contributed by atoms with Crippen LogP contribution in [0.1, 0.15) is 21.5 Å². The third-order valence-corrected chi connectivity index (χ3v) is 4.74. The molecule has 3 aromatic carbocycles. The highest BCUT2D eigenvalue weighted by Crippen LogP contribution is 2.30. The van der Waals surface area contributed by atoms with Gasteiger partial charge in [0.25, 0.3) is 11.6 Å². The van der Waals surface area contributed by atoms with E-state index < -0.39 is 23.4 Å². The summed E-state index contributed by atoms with van der Waals surface area (Å²) in [6, 6.07) is 19.5. The van der Waals surface area contributed by atoms with Gasteiger partial charge < -0.3 is 10.1 Å². The SMILES string of the molecule is Cc1ccc([N+](=O)[O-])c(NC(=O)COC(=O)c2ccc(-c3ccccc3)cc2)c1C. The Morgan fingerprint density at radius 3 is 2.20 bits per heavy atom. The van der Waals surface area contributed by atoms with Crippen molar-refractivity contribution in [2.45, 2.75) is 13.8 Å². The highest BCUT2D eigenvalue weighted by molar-refractivity contribution is 5.97. The summed E-state index contributed by atoms with van der Waals surface area (Å²) >= 11 is 0. The van der Waals surface area contributed by atoms with Gasteiger partial charge >= 0.3 is 5.97 Å². The Hall–Kier alpha value is -4.00. The fourth-order valence-corrected chi connectivity index (χ4v) is 2.93. The van der Waals surface area contributed by atoms with Gasteiger partial charge in [-0.3, -0.25) is 14.9 Å². The molecule has 0 bridgehead atoms. The zero-order chi connectivity index (χ0) is 21.7. The van der Waals surface area contributed by atoms with E-state index >= 15 is 0 Å². The first-order valence-electron chi connectivity index (χ1n) is 9.24. The van der Waals surface area contributed by atoms with Crippen LogP contribution in [0.2, 0.25) is 0 Å². The van der Waals surface area contributed by atoms with E-state index in [0.29, 0.717) is 11.1 Å². The van der Waals surface area contributed by atoms with Gasteiger partial charge in [-0.15, -0.1) is 0 Å². The van der Waals surface area contributed by atoms with E-state index in [1.54, 1.807) is 44.2 Å². The number of esters is 1. The van der Waals surface area contributed by atoms with Gasteiger partial charge in [0.05, 0.1) is 10.5 Å². The molecule has 0 saturated heterocycles. The fourth-order valence-electron chi connectivity index (χ4n) is 2.93. The lowest BCUT2D eigenvalue weighted by Gasteiger charge is -2.11. The molecule has 0 aliphatic carbocycles. The second-order valence-corrected chi connectivity index (χ2v) is 6.73. The van der Waals surface area contributed by atoms with Gasteiger partial charge in [-0.1, -0.05) is 48.5 Å². The summed E-state index contributed by atoms with van der Waals surface area (Å²) in [4.78, 5) is 35.1. The number of benzene rings is 3. The molecule has 0 fully saturated rings. The summed E-state index contributed by atoms with van der Waals surface area (Å²) in [6.45, 7) is 2.91. The zero-order valence-electron chi connectivity index (χ0n) is 16.5. The molecule has 1 amide bonds. The predicted octanol–water partition coefficient (Wildman–Crippen LogP) is 4.67. The predicted molar refractivity (Wildman–Crippen MR) is 113 cm³/mol. The number of nitrogens with one attached hydrogen (secondary N) is 1. The molecule has 7 nitrogen and oxygen atoms in total. The molecule has 0 aliphatic heterocycles. The standard InChI is InChI=1S/C23H20N2O5/c1-15-8-13-20(25(28)29)22(16(15)2)24-21(26)14-30-23(27)19-11-9-18(10-12-19)17-6-4-3-5-7-17/h3-13H,14H2,1-2H3,(H,24,26). The lowest BCUT2D eigenvalue weighted by atomic mass is 10.0. The van der Waals surface area contributed by atoms with Gasteiger partial charge in [-0.05, 0) is 48.2 Å². The molecule has 7 heteroatoms. The van der Waals surface area contributed by atoms with Crippen LogP contribution in [0.25, 0.3) is 11.1 Å². The normalized spacial score (nSPS) is 10.3. The van der Waals surface area contributed by atoms with Gasteiger partial charge in [0, 0.05) is 6.07 Å². The maximum Gasteiger partial charge on any atom is 0.338 e. The Morgan fingerprint density at radius 2 is 1.57 bits per heavy atom. The number of ether oxygens (including phenoxy) is 1. The number of nitro groups is 1. The summed E-state index contributed by atoms with van der Waals surface area (Å²) in [6.07, 6.45) is 0. The van der Waals surface area contributed by atoms with Crippen molar-refractivity contribution in [2.24, 2.45) is 0 Å². The van der Waals surface area contributed by atoms with Gasteiger partial charge in [-0.25, -0.2) is 4.79 Å². The zero-order valence-corrected chi connectivity index (χ0v) is 16.5. The maximum absolute atomic E-state index is 12.2. The van der Waals surface area contributed by atoms with Gasteiger partial charge in [-0.2, -0.15) is 0 Å². The lowest BCUT2D eigenvalue weighted by Crippen LogP contribution is -2.22. The van der Waals surface area contributed by atoms with Crippen molar-refractivity contribution < 1.29 is 19.2 Å². The Kier molecular flexibility index (Phi) is 6.22. The van der Waals surface area contributed by atoms with Crippen LogP contribution in [0, 0.1) is 24.0 Å².